The summed E-state index contributed by atoms with van der Waals surface area (Å²) in [5, 5.41) is 14.7. The summed E-state index contributed by atoms with van der Waals surface area (Å²) >= 11 is 0. The van der Waals surface area contributed by atoms with Crippen molar-refractivity contribution >= 4 is 6.03 Å². The molecule has 1 heterocycles. The van der Waals surface area contributed by atoms with E-state index in [4.69, 9.17) is 5.11 Å². The summed E-state index contributed by atoms with van der Waals surface area (Å²) in [7, 11) is 0. The van der Waals surface area contributed by atoms with Crippen molar-refractivity contribution in [1.82, 2.24) is 15.5 Å². The highest BCUT2D eigenvalue weighted by molar-refractivity contribution is 5.74. The molecular formula is C16H33N3O2. The van der Waals surface area contributed by atoms with Gasteiger partial charge >= 0.3 is 6.03 Å². The molecule has 1 saturated heterocycles. The number of likely N-dealkylation sites (tertiary alicyclic amines) is 1. The average molecular weight is 299 g/mol. The zero-order chi connectivity index (χ0) is 15.7. The standard InChI is InChI=1S/C16H33N3O2/c1-4-15(6-9-20)18-16(21)17-7-5-8-19-11-13(2)10-14(3)12-19/h13-15,20H,4-12H2,1-3H3,(H2,17,18,21). The van der Waals surface area contributed by atoms with E-state index in [2.05, 4.69) is 29.4 Å². The number of aliphatic hydroxyl groups is 1. The molecule has 0 aromatic heterocycles. The fourth-order valence-electron chi connectivity index (χ4n) is 3.25. The number of carbonyl (C=O) groups is 1. The lowest BCUT2D eigenvalue weighted by molar-refractivity contribution is 0.139. The molecule has 1 fully saturated rings. The highest BCUT2D eigenvalue weighted by Crippen LogP contribution is 2.20. The second-order valence-corrected chi connectivity index (χ2v) is 6.58. The molecule has 21 heavy (non-hydrogen) atoms. The van der Waals surface area contributed by atoms with Crippen molar-refractivity contribution in [2.75, 3.05) is 32.8 Å². The number of rotatable bonds is 8. The minimum atomic E-state index is -0.115. The molecule has 0 aromatic rings. The molecule has 0 aliphatic carbocycles. The van der Waals surface area contributed by atoms with Crippen molar-refractivity contribution in [1.29, 1.82) is 0 Å². The first-order valence-corrected chi connectivity index (χ1v) is 8.42. The highest BCUT2D eigenvalue weighted by atomic mass is 16.3. The van der Waals surface area contributed by atoms with Gasteiger partial charge in [0.1, 0.15) is 0 Å². The van der Waals surface area contributed by atoms with E-state index in [1.807, 2.05) is 6.92 Å². The maximum Gasteiger partial charge on any atom is 0.315 e. The molecule has 0 aromatic carbocycles. The van der Waals surface area contributed by atoms with Crippen LogP contribution >= 0.6 is 0 Å². The molecule has 1 rings (SSSR count). The Morgan fingerprint density at radius 3 is 2.57 bits per heavy atom. The van der Waals surface area contributed by atoms with Gasteiger partial charge in [0, 0.05) is 32.3 Å². The monoisotopic (exact) mass is 299 g/mol. The number of aliphatic hydroxyl groups excluding tert-OH is 1. The molecule has 124 valence electrons. The lowest BCUT2D eigenvalue weighted by Crippen LogP contribution is -2.44. The summed E-state index contributed by atoms with van der Waals surface area (Å²) in [5.74, 6) is 1.57. The Kier molecular flexibility index (Phi) is 8.69. The van der Waals surface area contributed by atoms with E-state index >= 15 is 0 Å². The van der Waals surface area contributed by atoms with Crippen LogP contribution in [0.25, 0.3) is 0 Å². The van der Waals surface area contributed by atoms with E-state index in [1.54, 1.807) is 0 Å². The van der Waals surface area contributed by atoms with Gasteiger partial charge in [0.05, 0.1) is 0 Å². The molecule has 0 spiro atoms. The molecule has 5 nitrogen and oxygen atoms in total. The summed E-state index contributed by atoms with van der Waals surface area (Å²) < 4.78 is 0. The molecule has 2 amide bonds. The van der Waals surface area contributed by atoms with Crippen LogP contribution in [0.1, 0.15) is 46.5 Å². The fourth-order valence-corrected chi connectivity index (χ4v) is 3.25. The lowest BCUT2D eigenvalue weighted by atomic mass is 9.92. The quantitative estimate of drug-likeness (QED) is 0.599. The lowest BCUT2D eigenvalue weighted by Gasteiger charge is -2.34. The number of nitrogens with one attached hydrogen (secondary N) is 2. The van der Waals surface area contributed by atoms with Gasteiger partial charge in [-0.05, 0) is 44.1 Å². The number of urea groups is 1. The minimum absolute atomic E-state index is 0.0683. The summed E-state index contributed by atoms with van der Waals surface area (Å²) in [6.45, 7) is 10.9. The van der Waals surface area contributed by atoms with Gasteiger partial charge in [-0.2, -0.15) is 0 Å². The summed E-state index contributed by atoms with van der Waals surface area (Å²) in [4.78, 5) is 14.2. The third-order valence-corrected chi connectivity index (χ3v) is 4.19. The molecular weight excluding hydrogens is 266 g/mol. The van der Waals surface area contributed by atoms with Crippen LogP contribution in [0.3, 0.4) is 0 Å². The smallest absolute Gasteiger partial charge is 0.315 e. The maximum absolute atomic E-state index is 11.7. The van der Waals surface area contributed by atoms with Crippen molar-refractivity contribution in [3.05, 3.63) is 0 Å². The van der Waals surface area contributed by atoms with Crippen LogP contribution in [0.4, 0.5) is 4.79 Å². The van der Waals surface area contributed by atoms with Gasteiger partial charge in [-0.3, -0.25) is 0 Å². The third kappa shape index (κ3) is 7.67. The second-order valence-electron chi connectivity index (χ2n) is 6.58. The Morgan fingerprint density at radius 2 is 2.00 bits per heavy atom. The molecule has 3 N–H and O–H groups in total. The van der Waals surface area contributed by atoms with Gasteiger partial charge in [0.25, 0.3) is 0 Å². The zero-order valence-corrected chi connectivity index (χ0v) is 13.9. The normalized spacial score (nSPS) is 24.6. The Labute approximate surface area is 129 Å². The molecule has 1 aliphatic heterocycles. The van der Waals surface area contributed by atoms with Gasteiger partial charge in [-0.1, -0.05) is 20.8 Å². The topological polar surface area (TPSA) is 64.6 Å². The van der Waals surface area contributed by atoms with Crippen LogP contribution in [-0.2, 0) is 0 Å². The summed E-state index contributed by atoms with van der Waals surface area (Å²) in [6, 6.07) is -0.0468. The van der Waals surface area contributed by atoms with Gasteiger partial charge in [0.2, 0.25) is 0 Å². The molecule has 0 bridgehead atoms. The zero-order valence-electron chi connectivity index (χ0n) is 13.9. The first kappa shape index (κ1) is 18.2. The molecule has 0 radical (unpaired) electrons. The van der Waals surface area contributed by atoms with Crippen molar-refractivity contribution in [2.24, 2.45) is 11.8 Å². The van der Waals surface area contributed by atoms with E-state index < -0.39 is 0 Å². The second kappa shape index (κ2) is 10.0. The Bertz CT molecular complexity index is 289. The van der Waals surface area contributed by atoms with E-state index in [1.165, 1.54) is 19.5 Å². The Hall–Kier alpha value is -0.810. The van der Waals surface area contributed by atoms with Gasteiger partial charge in [-0.25, -0.2) is 4.79 Å². The van der Waals surface area contributed by atoms with Gasteiger partial charge in [-0.15, -0.1) is 0 Å². The van der Waals surface area contributed by atoms with Crippen LogP contribution in [0.2, 0.25) is 0 Å². The van der Waals surface area contributed by atoms with Crippen molar-refractivity contribution in [3.63, 3.8) is 0 Å². The number of nitrogens with zero attached hydrogens (tertiary/aromatic N) is 1. The maximum atomic E-state index is 11.7. The van der Waals surface area contributed by atoms with Gasteiger partial charge < -0.3 is 20.6 Å². The van der Waals surface area contributed by atoms with E-state index in [9.17, 15) is 4.79 Å². The van der Waals surface area contributed by atoms with Crippen LogP contribution in [-0.4, -0.2) is 54.9 Å². The Balaban J connectivity index is 2.11. The average Bonchev–Trinajstić information content (AvgIpc) is 2.42. The first-order chi connectivity index (χ1) is 10.0. The number of carbonyl (C=O) groups excluding carboxylic acids is 1. The van der Waals surface area contributed by atoms with E-state index in [0.717, 1.165) is 31.2 Å². The van der Waals surface area contributed by atoms with Crippen LogP contribution in [0.15, 0.2) is 0 Å². The van der Waals surface area contributed by atoms with Crippen molar-refractivity contribution in [3.8, 4) is 0 Å². The largest absolute Gasteiger partial charge is 0.396 e. The van der Waals surface area contributed by atoms with Crippen molar-refractivity contribution < 1.29 is 9.90 Å². The molecule has 3 unspecified atom stereocenters. The molecule has 3 atom stereocenters. The van der Waals surface area contributed by atoms with Crippen LogP contribution < -0.4 is 10.6 Å². The van der Waals surface area contributed by atoms with E-state index in [0.29, 0.717) is 13.0 Å². The number of hydrogen-bond acceptors (Lipinski definition) is 3. The SMILES string of the molecule is CCC(CCO)NC(=O)NCCCN1CC(C)CC(C)C1. The first-order valence-electron chi connectivity index (χ1n) is 8.42. The number of amides is 2. The third-order valence-electron chi connectivity index (χ3n) is 4.19. The fraction of sp³-hybridized carbons (Fsp3) is 0.938. The predicted molar refractivity (Wildman–Crippen MR) is 86.3 cm³/mol. The summed E-state index contributed by atoms with van der Waals surface area (Å²) in [5.41, 5.74) is 0. The van der Waals surface area contributed by atoms with Crippen LogP contribution in [0, 0.1) is 11.8 Å². The minimum Gasteiger partial charge on any atom is -0.396 e. The predicted octanol–water partition coefficient (Wildman–Crippen LogP) is 1.81. The Morgan fingerprint density at radius 1 is 1.33 bits per heavy atom. The highest BCUT2D eigenvalue weighted by Gasteiger charge is 2.21. The van der Waals surface area contributed by atoms with Crippen molar-refractivity contribution in [2.45, 2.75) is 52.5 Å². The number of piperidine rings is 1. The molecule has 5 heteroatoms. The number of hydrogen-bond donors (Lipinski definition) is 3. The van der Waals surface area contributed by atoms with Crippen LogP contribution in [0.5, 0.6) is 0 Å². The molecule has 0 saturated carbocycles. The molecule has 1 aliphatic rings. The van der Waals surface area contributed by atoms with E-state index in [-0.39, 0.29) is 18.7 Å². The summed E-state index contributed by atoms with van der Waals surface area (Å²) in [6.07, 6.45) is 3.79. The van der Waals surface area contributed by atoms with Gasteiger partial charge in [0.15, 0.2) is 0 Å².